The van der Waals surface area contributed by atoms with E-state index in [1.165, 1.54) is 18.5 Å². The molecule has 5 nitrogen and oxygen atoms in total. The Labute approximate surface area is 125 Å². The van der Waals surface area contributed by atoms with Gasteiger partial charge in [0.15, 0.2) is 0 Å². The van der Waals surface area contributed by atoms with Crippen LogP contribution in [0.3, 0.4) is 0 Å². The van der Waals surface area contributed by atoms with Gasteiger partial charge in [0.1, 0.15) is 6.42 Å². The number of carbonyl (C=O) groups excluding carboxylic acids is 2. The van der Waals surface area contributed by atoms with Gasteiger partial charge in [-0.1, -0.05) is 6.08 Å². The molecular weight excluding hydrogens is 266 g/mol. The third kappa shape index (κ3) is 4.63. The number of rotatable bonds is 6. The van der Waals surface area contributed by atoms with Crippen molar-refractivity contribution in [2.24, 2.45) is 0 Å². The second kappa shape index (κ2) is 7.47. The molecule has 0 unspecified atom stereocenters. The number of nitrogens with one attached hydrogen (secondary N) is 2. The molecule has 21 heavy (non-hydrogen) atoms. The van der Waals surface area contributed by atoms with Crippen LogP contribution in [0.1, 0.15) is 19.3 Å². The number of hydrogen-bond donors (Lipinski definition) is 2. The highest BCUT2D eigenvalue weighted by Gasteiger charge is 2.12. The van der Waals surface area contributed by atoms with Gasteiger partial charge in [-0.05, 0) is 37.1 Å². The molecule has 1 aromatic rings. The zero-order valence-electron chi connectivity index (χ0n) is 12.1. The topological polar surface area (TPSA) is 61.4 Å². The predicted molar refractivity (Wildman–Crippen MR) is 84.3 cm³/mol. The molecule has 112 valence electrons. The minimum absolute atomic E-state index is 0.179. The van der Waals surface area contributed by atoms with E-state index in [1.54, 1.807) is 6.08 Å². The first-order valence-electron chi connectivity index (χ1n) is 7.21. The monoisotopic (exact) mass is 287 g/mol. The van der Waals surface area contributed by atoms with Crippen molar-refractivity contribution < 1.29 is 9.59 Å². The molecule has 0 atom stereocenters. The smallest absolute Gasteiger partial charge is 0.233 e. The molecule has 1 fully saturated rings. The molecule has 0 spiro atoms. The zero-order chi connectivity index (χ0) is 15.1. The molecule has 0 radical (unpaired) electrons. The first-order chi connectivity index (χ1) is 10.2. The van der Waals surface area contributed by atoms with E-state index in [2.05, 4.69) is 22.1 Å². The van der Waals surface area contributed by atoms with Crippen molar-refractivity contribution in [2.75, 3.05) is 29.9 Å². The van der Waals surface area contributed by atoms with E-state index in [1.807, 2.05) is 24.3 Å². The zero-order valence-corrected chi connectivity index (χ0v) is 12.1. The standard InChI is InChI=1S/C16H21N3O2/c1-2-9-17-15(20)12-16(21)18-13-5-7-14(8-6-13)19-10-3-4-11-19/h2,5-8H,1,3-4,9-12H2,(H,17,20)(H,18,21). The molecule has 0 aliphatic carbocycles. The third-order valence-corrected chi connectivity index (χ3v) is 3.39. The molecule has 1 aliphatic rings. The Balaban J connectivity index is 1.83. The van der Waals surface area contributed by atoms with Crippen molar-refractivity contribution in [3.05, 3.63) is 36.9 Å². The van der Waals surface area contributed by atoms with Crippen LogP contribution in [-0.4, -0.2) is 31.4 Å². The van der Waals surface area contributed by atoms with Crippen LogP contribution < -0.4 is 15.5 Å². The van der Waals surface area contributed by atoms with Gasteiger partial charge in [0.25, 0.3) is 0 Å². The van der Waals surface area contributed by atoms with Crippen molar-refractivity contribution in [3.63, 3.8) is 0 Å². The summed E-state index contributed by atoms with van der Waals surface area (Å²) >= 11 is 0. The third-order valence-electron chi connectivity index (χ3n) is 3.39. The lowest BCUT2D eigenvalue weighted by atomic mass is 10.2. The molecule has 2 N–H and O–H groups in total. The number of nitrogens with zero attached hydrogens (tertiary/aromatic N) is 1. The van der Waals surface area contributed by atoms with E-state index < -0.39 is 0 Å². The highest BCUT2D eigenvalue weighted by atomic mass is 16.2. The van der Waals surface area contributed by atoms with Crippen LogP contribution in [0.25, 0.3) is 0 Å². The van der Waals surface area contributed by atoms with E-state index in [0.717, 1.165) is 13.1 Å². The van der Waals surface area contributed by atoms with Crippen molar-refractivity contribution >= 4 is 23.2 Å². The van der Waals surface area contributed by atoms with Gasteiger partial charge >= 0.3 is 0 Å². The Morgan fingerprint density at radius 2 is 1.81 bits per heavy atom. The second-order valence-corrected chi connectivity index (χ2v) is 5.06. The molecule has 0 aromatic heterocycles. The average molecular weight is 287 g/mol. The summed E-state index contributed by atoms with van der Waals surface area (Å²) in [7, 11) is 0. The summed E-state index contributed by atoms with van der Waals surface area (Å²) < 4.78 is 0. The highest BCUT2D eigenvalue weighted by Crippen LogP contribution is 2.22. The Kier molecular flexibility index (Phi) is 5.37. The van der Waals surface area contributed by atoms with E-state index in [0.29, 0.717) is 12.2 Å². The van der Waals surface area contributed by atoms with Crippen LogP contribution in [0, 0.1) is 0 Å². The van der Waals surface area contributed by atoms with Crippen LogP contribution >= 0.6 is 0 Å². The number of carbonyl (C=O) groups is 2. The SMILES string of the molecule is C=CCNC(=O)CC(=O)Nc1ccc(N2CCCC2)cc1. The molecule has 1 aromatic carbocycles. The molecule has 1 heterocycles. The van der Waals surface area contributed by atoms with Crippen LogP contribution in [0.4, 0.5) is 11.4 Å². The number of hydrogen-bond acceptors (Lipinski definition) is 3. The van der Waals surface area contributed by atoms with E-state index in [9.17, 15) is 9.59 Å². The van der Waals surface area contributed by atoms with Gasteiger partial charge in [0, 0.05) is 31.0 Å². The lowest BCUT2D eigenvalue weighted by Crippen LogP contribution is -2.28. The molecule has 5 heteroatoms. The maximum atomic E-state index is 11.7. The summed E-state index contributed by atoms with van der Waals surface area (Å²) in [5, 5.41) is 5.29. The van der Waals surface area contributed by atoms with Gasteiger partial charge in [-0.2, -0.15) is 0 Å². The van der Waals surface area contributed by atoms with E-state index >= 15 is 0 Å². The Bertz CT molecular complexity index is 505. The number of anilines is 2. The minimum atomic E-state index is -0.314. The fourth-order valence-electron chi connectivity index (χ4n) is 2.33. The Morgan fingerprint density at radius 1 is 1.14 bits per heavy atom. The lowest BCUT2D eigenvalue weighted by Gasteiger charge is -2.17. The molecule has 2 amide bonds. The summed E-state index contributed by atoms with van der Waals surface area (Å²) in [5.41, 5.74) is 1.88. The van der Waals surface area contributed by atoms with Crippen LogP contribution in [0.2, 0.25) is 0 Å². The van der Waals surface area contributed by atoms with E-state index in [-0.39, 0.29) is 18.2 Å². The first-order valence-corrected chi connectivity index (χ1v) is 7.21. The maximum absolute atomic E-state index is 11.7. The van der Waals surface area contributed by atoms with E-state index in [4.69, 9.17) is 0 Å². The van der Waals surface area contributed by atoms with Gasteiger partial charge in [0.05, 0.1) is 0 Å². The van der Waals surface area contributed by atoms with Crippen molar-refractivity contribution in [1.29, 1.82) is 0 Å². The Morgan fingerprint density at radius 3 is 2.43 bits per heavy atom. The van der Waals surface area contributed by atoms with Gasteiger partial charge in [-0.25, -0.2) is 0 Å². The Hall–Kier alpha value is -2.30. The summed E-state index contributed by atoms with van der Waals surface area (Å²) in [6.07, 6.45) is 3.87. The molecule has 0 bridgehead atoms. The van der Waals surface area contributed by atoms with Gasteiger partial charge < -0.3 is 15.5 Å². The molecule has 1 saturated heterocycles. The summed E-state index contributed by atoms with van der Waals surface area (Å²) in [4.78, 5) is 25.5. The van der Waals surface area contributed by atoms with Crippen LogP contribution in [0.5, 0.6) is 0 Å². The summed E-state index contributed by atoms with van der Waals surface area (Å²) in [6.45, 7) is 6.06. The predicted octanol–water partition coefficient (Wildman–Crippen LogP) is 1.92. The van der Waals surface area contributed by atoms with Crippen molar-refractivity contribution in [2.45, 2.75) is 19.3 Å². The lowest BCUT2D eigenvalue weighted by molar-refractivity contribution is -0.126. The quantitative estimate of drug-likeness (QED) is 0.620. The normalized spacial score (nSPS) is 13.8. The minimum Gasteiger partial charge on any atom is -0.372 e. The molecule has 2 rings (SSSR count). The largest absolute Gasteiger partial charge is 0.372 e. The van der Waals surface area contributed by atoms with Crippen molar-refractivity contribution in [1.82, 2.24) is 5.32 Å². The number of amides is 2. The number of benzene rings is 1. The maximum Gasteiger partial charge on any atom is 0.233 e. The molecule has 0 saturated carbocycles. The van der Waals surface area contributed by atoms with Crippen LogP contribution in [0.15, 0.2) is 36.9 Å². The molecule has 1 aliphatic heterocycles. The second-order valence-electron chi connectivity index (χ2n) is 5.06. The first kappa shape index (κ1) is 15.1. The fourth-order valence-corrected chi connectivity index (χ4v) is 2.33. The van der Waals surface area contributed by atoms with Crippen molar-refractivity contribution in [3.8, 4) is 0 Å². The summed E-state index contributed by atoms with van der Waals surface area (Å²) in [5.74, 6) is -0.619. The van der Waals surface area contributed by atoms with Gasteiger partial charge in [0.2, 0.25) is 11.8 Å². The van der Waals surface area contributed by atoms with Crippen LogP contribution in [-0.2, 0) is 9.59 Å². The highest BCUT2D eigenvalue weighted by molar-refractivity contribution is 6.03. The van der Waals surface area contributed by atoms with Gasteiger partial charge in [-0.15, -0.1) is 6.58 Å². The molecular formula is C16H21N3O2. The average Bonchev–Trinajstić information content (AvgIpc) is 3.00. The fraction of sp³-hybridized carbons (Fsp3) is 0.375. The summed E-state index contributed by atoms with van der Waals surface area (Å²) in [6, 6.07) is 7.73. The van der Waals surface area contributed by atoms with Gasteiger partial charge in [-0.3, -0.25) is 9.59 Å².